The molecule has 0 saturated carbocycles. The fourth-order valence-electron chi connectivity index (χ4n) is 2.51. The van der Waals surface area contributed by atoms with Gasteiger partial charge in [0.2, 0.25) is 11.8 Å². The normalized spacial score (nSPS) is 14.8. The highest BCUT2D eigenvalue weighted by Gasteiger charge is 2.22. The van der Waals surface area contributed by atoms with E-state index in [0.29, 0.717) is 13.1 Å². The summed E-state index contributed by atoms with van der Waals surface area (Å²) in [4.78, 5) is 25.2. The van der Waals surface area contributed by atoms with E-state index in [1.54, 1.807) is 11.8 Å². The summed E-state index contributed by atoms with van der Waals surface area (Å²) in [6.45, 7) is 4.58. The lowest BCUT2D eigenvalue weighted by molar-refractivity contribution is -0.119. The first-order chi connectivity index (χ1) is 9.56. The number of hydrogen-bond acceptors (Lipinski definition) is 3. The highest BCUT2D eigenvalue weighted by Crippen LogP contribution is 2.30. The van der Waals surface area contributed by atoms with E-state index >= 15 is 0 Å². The molecule has 0 spiro atoms. The second kappa shape index (κ2) is 6.05. The molecule has 1 aromatic carbocycles. The van der Waals surface area contributed by atoms with Gasteiger partial charge in [-0.1, -0.05) is 6.92 Å². The first-order valence-electron chi connectivity index (χ1n) is 6.98. The van der Waals surface area contributed by atoms with Crippen LogP contribution in [-0.4, -0.2) is 24.9 Å². The number of nitrogens with zero attached hydrogens (tertiary/aromatic N) is 1. The molecule has 0 fully saturated rings. The van der Waals surface area contributed by atoms with Crippen LogP contribution >= 0.6 is 0 Å². The molecule has 3 N–H and O–H groups in total. The Balaban J connectivity index is 2.13. The minimum atomic E-state index is -0.156. The first kappa shape index (κ1) is 14.5. The molecule has 5 nitrogen and oxygen atoms in total. The number of nitrogens with one attached hydrogen (secondary N) is 1. The average molecular weight is 275 g/mol. The molecule has 20 heavy (non-hydrogen) atoms. The molecular weight excluding hydrogens is 254 g/mol. The molecule has 1 heterocycles. The van der Waals surface area contributed by atoms with Crippen molar-refractivity contribution in [2.45, 2.75) is 26.7 Å². The zero-order valence-corrected chi connectivity index (χ0v) is 12.0. The number of carbonyl (C=O) groups excluding carboxylic acids is 2. The third-order valence-electron chi connectivity index (χ3n) is 3.77. The summed E-state index contributed by atoms with van der Waals surface area (Å²) in [5, 5.41) is 2.90. The Morgan fingerprint density at radius 1 is 1.45 bits per heavy atom. The minimum Gasteiger partial charge on any atom is -0.330 e. The Bertz CT molecular complexity index is 524. The first-order valence-corrected chi connectivity index (χ1v) is 6.98. The number of amides is 2. The van der Waals surface area contributed by atoms with Crippen LogP contribution in [0.3, 0.4) is 0 Å². The van der Waals surface area contributed by atoms with Gasteiger partial charge in [-0.2, -0.15) is 0 Å². The smallest absolute Gasteiger partial charge is 0.228 e. The second-order valence-electron chi connectivity index (χ2n) is 5.09. The van der Waals surface area contributed by atoms with Crippen molar-refractivity contribution in [3.8, 4) is 0 Å². The number of carbonyl (C=O) groups is 2. The van der Waals surface area contributed by atoms with E-state index in [1.807, 2.05) is 25.1 Å². The van der Waals surface area contributed by atoms with Gasteiger partial charge >= 0.3 is 0 Å². The van der Waals surface area contributed by atoms with Crippen LogP contribution in [0.4, 0.5) is 11.4 Å². The van der Waals surface area contributed by atoms with Gasteiger partial charge in [0.15, 0.2) is 0 Å². The van der Waals surface area contributed by atoms with Gasteiger partial charge in [-0.15, -0.1) is 0 Å². The summed E-state index contributed by atoms with van der Waals surface area (Å²) in [5.41, 5.74) is 8.39. The van der Waals surface area contributed by atoms with Crippen molar-refractivity contribution in [3.05, 3.63) is 23.8 Å². The van der Waals surface area contributed by atoms with Crippen LogP contribution in [-0.2, 0) is 16.0 Å². The number of nitrogens with two attached hydrogens (primary N) is 1. The van der Waals surface area contributed by atoms with Gasteiger partial charge in [0, 0.05) is 31.4 Å². The van der Waals surface area contributed by atoms with E-state index in [4.69, 9.17) is 5.73 Å². The third kappa shape index (κ3) is 2.82. The van der Waals surface area contributed by atoms with E-state index in [-0.39, 0.29) is 17.7 Å². The molecular formula is C15H21N3O2. The Morgan fingerprint density at radius 3 is 2.80 bits per heavy atom. The molecule has 1 atom stereocenters. The molecule has 1 unspecified atom stereocenters. The minimum absolute atomic E-state index is 0.0450. The molecule has 0 radical (unpaired) electrons. The van der Waals surface area contributed by atoms with Gasteiger partial charge in [-0.05, 0) is 36.6 Å². The summed E-state index contributed by atoms with van der Waals surface area (Å²) in [5.74, 6) is -0.150. The highest BCUT2D eigenvalue weighted by atomic mass is 16.2. The summed E-state index contributed by atoms with van der Waals surface area (Å²) in [6.07, 6.45) is 1.55. The topological polar surface area (TPSA) is 75.4 Å². The lowest BCUT2D eigenvalue weighted by Gasteiger charge is -2.16. The largest absolute Gasteiger partial charge is 0.330 e. The van der Waals surface area contributed by atoms with E-state index in [0.717, 1.165) is 29.8 Å². The van der Waals surface area contributed by atoms with E-state index in [9.17, 15) is 9.59 Å². The van der Waals surface area contributed by atoms with Crippen LogP contribution in [0, 0.1) is 5.92 Å². The molecule has 0 aliphatic carbocycles. The average Bonchev–Trinajstić information content (AvgIpc) is 2.83. The fraction of sp³-hybridized carbons (Fsp3) is 0.467. The van der Waals surface area contributed by atoms with E-state index in [2.05, 4.69) is 5.32 Å². The Hall–Kier alpha value is -1.88. The lowest BCUT2D eigenvalue weighted by Crippen LogP contribution is -2.28. The monoisotopic (exact) mass is 275 g/mol. The molecule has 1 aliphatic heterocycles. The standard InChI is InChI=1S/C15H21N3O2/c1-3-11(9-16)15(20)17-13-4-5-14-12(8-13)6-7-18(14)10(2)19/h4-5,8,11H,3,6-7,9,16H2,1-2H3,(H,17,20). The SMILES string of the molecule is CCC(CN)C(=O)Nc1ccc2c(c1)CCN2C(C)=O. The Labute approximate surface area is 119 Å². The second-order valence-corrected chi connectivity index (χ2v) is 5.09. The number of rotatable bonds is 4. The quantitative estimate of drug-likeness (QED) is 0.874. The molecule has 1 aromatic rings. The molecule has 0 saturated heterocycles. The highest BCUT2D eigenvalue weighted by molar-refractivity contribution is 5.96. The van der Waals surface area contributed by atoms with Gasteiger partial charge in [0.25, 0.3) is 0 Å². The van der Waals surface area contributed by atoms with Crippen molar-refractivity contribution in [1.29, 1.82) is 0 Å². The van der Waals surface area contributed by atoms with Crippen molar-refractivity contribution < 1.29 is 9.59 Å². The van der Waals surface area contributed by atoms with Crippen LogP contribution < -0.4 is 16.0 Å². The molecule has 5 heteroatoms. The Kier molecular flexibility index (Phi) is 4.39. The zero-order chi connectivity index (χ0) is 14.7. The predicted molar refractivity (Wildman–Crippen MR) is 79.6 cm³/mol. The third-order valence-corrected chi connectivity index (χ3v) is 3.77. The Morgan fingerprint density at radius 2 is 2.20 bits per heavy atom. The van der Waals surface area contributed by atoms with Crippen molar-refractivity contribution in [2.75, 3.05) is 23.3 Å². The van der Waals surface area contributed by atoms with Crippen LogP contribution in [0.2, 0.25) is 0 Å². The maximum Gasteiger partial charge on any atom is 0.228 e. The number of anilines is 2. The molecule has 108 valence electrons. The number of hydrogen-bond donors (Lipinski definition) is 2. The van der Waals surface area contributed by atoms with Crippen LogP contribution in [0.5, 0.6) is 0 Å². The van der Waals surface area contributed by atoms with Gasteiger partial charge in [0.1, 0.15) is 0 Å². The molecule has 2 amide bonds. The van der Waals surface area contributed by atoms with Gasteiger partial charge in [-0.25, -0.2) is 0 Å². The summed E-state index contributed by atoms with van der Waals surface area (Å²) < 4.78 is 0. The lowest BCUT2D eigenvalue weighted by atomic mass is 10.1. The van der Waals surface area contributed by atoms with Crippen molar-refractivity contribution in [3.63, 3.8) is 0 Å². The maximum absolute atomic E-state index is 12.0. The molecule has 2 rings (SSSR count). The van der Waals surface area contributed by atoms with Crippen LogP contribution in [0.1, 0.15) is 25.8 Å². The van der Waals surface area contributed by atoms with Gasteiger partial charge < -0.3 is 16.0 Å². The van der Waals surface area contributed by atoms with Crippen molar-refractivity contribution in [1.82, 2.24) is 0 Å². The van der Waals surface area contributed by atoms with Gasteiger partial charge in [-0.3, -0.25) is 9.59 Å². The zero-order valence-electron chi connectivity index (χ0n) is 12.0. The fourth-order valence-corrected chi connectivity index (χ4v) is 2.51. The van der Waals surface area contributed by atoms with Crippen LogP contribution in [0.15, 0.2) is 18.2 Å². The summed E-state index contributed by atoms with van der Waals surface area (Å²) in [7, 11) is 0. The molecule has 0 aromatic heterocycles. The van der Waals surface area contributed by atoms with E-state index < -0.39 is 0 Å². The van der Waals surface area contributed by atoms with Crippen LogP contribution in [0.25, 0.3) is 0 Å². The summed E-state index contributed by atoms with van der Waals surface area (Å²) in [6, 6.07) is 5.67. The van der Waals surface area contributed by atoms with Crippen molar-refractivity contribution >= 4 is 23.2 Å². The molecule has 0 bridgehead atoms. The maximum atomic E-state index is 12.0. The predicted octanol–water partition coefficient (Wildman–Crippen LogP) is 1.52. The molecule has 1 aliphatic rings. The van der Waals surface area contributed by atoms with E-state index in [1.165, 1.54) is 0 Å². The van der Waals surface area contributed by atoms with Crippen molar-refractivity contribution in [2.24, 2.45) is 11.7 Å². The van der Waals surface area contributed by atoms with Gasteiger partial charge in [0.05, 0.1) is 5.92 Å². The number of fused-ring (bicyclic) bond motifs is 1. The summed E-state index contributed by atoms with van der Waals surface area (Å²) >= 11 is 0. The number of benzene rings is 1.